The van der Waals surface area contributed by atoms with Crippen molar-refractivity contribution in [1.29, 1.82) is 0 Å². The fourth-order valence-electron chi connectivity index (χ4n) is 3.86. The highest BCUT2D eigenvalue weighted by atomic mass is 79.9. The first-order chi connectivity index (χ1) is 17.6. The van der Waals surface area contributed by atoms with Gasteiger partial charge in [-0.2, -0.15) is 0 Å². The standard InChI is InChI=1S/C29H22BrNO4S/c30-21-13-11-19(12-14-21)25-18-27(22-8-2-3-9-24(22)31-25)36-16-6-5-15-34-28(32)23-17-20-7-1-4-10-26(20)35-29(23)33/h1-4,7-14,17-18H,5-6,15-16H2. The lowest BCUT2D eigenvalue weighted by molar-refractivity contribution is 0.0495. The van der Waals surface area contributed by atoms with Crippen LogP contribution in [0.25, 0.3) is 33.1 Å². The number of rotatable bonds is 8. The van der Waals surface area contributed by atoms with E-state index in [1.165, 1.54) is 11.0 Å². The molecule has 0 N–H and O–H groups in total. The number of benzene rings is 3. The van der Waals surface area contributed by atoms with E-state index < -0.39 is 11.6 Å². The third-order valence-electron chi connectivity index (χ3n) is 5.71. The lowest BCUT2D eigenvalue weighted by Crippen LogP contribution is -2.17. The number of unbranched alkanes of at least 4 members (excludes halogenated alkanes) is 1. The van der Waals surface area contributed by atoms with Crippen molar-refractivity contribution in [3.05, 3.63) is 105 Å². The molecule has 5 aromatic rings. The van der Waals surface area contributed by atoms with Gasteiger partial charge < -0.3 is 9.15 Å². The van der Waals surface area contributed by atoms with Crippen molar-refractivity contribution >= 4 is 55.5 Å². The maximum atomic E-state index is 12.4. The quantitative estimate of drug-likeness (QED) is 0.0848. The van der Waals surface area contributed by atoms with Crippen molar-refractivity contribution in [2.75, 3.05) is 12.4 Å². The van der Waals surface area contributed by atoms with Crippen LogP contribution in [0.3, 0.4) is 0 Å². The van der Waals surface area contributed by atoms with Crippen LogP contribution in [-0.4, -0.2) is 23.3 Å². The largest absolute Gasteiger partial charge is 0.462 e. The van der Waals surface area contributed by atoms with Gasteiger partial charge in [-0.3, -0.25) is 0 Å². The van der Waals surface area contributed by atoms with Crippen molar-refractivity contribution in [2.45, 2.75) is 17.7 Å². The second-order valence-electron chi connectivity index (χ2n) is 8.21. The minimum atomic E-state index is -0.680. The number of nitrogens with zero attached hydrogens (tertiary/aromatic N) is 1. The first-order valence-corrected chi connectivity index (χ1v) is 13.3. The van der Waals surface area contributed by atoms with Crippen LogP contribution in [0.5, 0.6) is 0 Å². The number of esters is 1. The Balaban J connectivity index is 1.19. The number of carbonyl (C=O) groups excluding carboxylic acids is 1. The first kappa shape index (κ1) is 24.3. The lowest BCUT2D eigenvalue weighted by Gasteiger charge is -2.10. The molecule has 0 aliphatic heterocycles. The van der Waals surface area contributed by atoms with E-state index in [0.29, 0.717) is 17.4 Å². The summed E-state index contributed by atoms with van der Waals surface area (Å²) in [4.78, 5) is 30.6. The summed E-state index contributed by atoms with van der Waals surface area (Å²) in [7, 11) is 0. The summed E-state index contributed by atoms with van der Waals surface area (Å²) in [6, 6.07) is 27.0. The average Bonchev–Trinajstić information content (AvgIpc) is 2.90. The molecule has 0 aliphatic carbocycles. The summed E-state index contributed by atoms with van der Waals surface area (Å²) in [5.41, 5.74) is 2.65. The Morgan fingerprint density at radius 2 is 1.72 bits per heavy atom. The van der Waals surface area contributed by atoms with Crippen LogP contribution < -0.4 is 5.63 Å². The molecule has 0 radical (unpaired) electrons. The number of fused-ring (bicyclic) bond motifs is 2. The van der Waals surface area contributed by atoms with Crippen molar-refractivity contribution < 1.29 is 13.9 Å². The van der Waals surface area contributed by atoms with E-state index in [4.69, 9.17) is 14.1 Å². The van der Waals surface area contributed by atoms with Crippen LogP contribution in [0.4, 0.5) is 0 Å². The smallest absolute Gasteiger partial charge is 0.351 e. The predicted molar refractivity (Wildman–Crippen MR) is 148 cm³/mol. The number of thioether (sulfide) groups is 1. The van der Waals surface area contributed by atoms with Gasteiger partial charge in [0.1, 0.15) is 11.1 Å². The molecule has 0 aliphatic rings. The summed E-state index contributed by atoms with van der Waals surface area (Å²) < 4.78 is 11.6. The van der Waals surface area contributed by atoms with Crippen LogP contribution in [0.2, 0.25) is 0 Å². The van der Waals surface area contributed by atoms with Crippen molar-refractivity contribution in [2.24, 2.45) is 0 Å². The molecule has 3 aromatic carbocycles. The predicted octanol–water partition coefficient (Wildman–Crippen LogP) is 7.50. The van der Waals surface area contributed by atoms with Gasteiger partial charge in [-0.05, 0) is 55.0 Å². The molecular formula is C29H22BrNO4S. The molecular weight excluding hydrogens is 538 g/mol. The van der Waals surface area contributed by atoms with Crippen molar-refractivity contribution in [3.8, 4) is 11.3 Å². The zero-order valence-electron chi connectivity index (χ0n) is 19.3. The molecule has 2 heterocycles. The zero-order chi connectivity index (χ0) is 24.9. The maximum Gasteiger partial charge on any atom is 0.351 e. The van der Waals surface area contributed by atoms with Crippen LogP contribution in [0.1, 0.15) is 23.2 Å². The molecule has 5 rings (SSSR count). The lowest BCUT2D eigenvalue weighted by atomic mass is 10.1. The average molecular weight is 560 g/mol. The van der Waals surface area contributed by atoms with Crippen LogP contribution in [-0.2, 0) is 4.74 Å². The topological polar surface area (TPSA) is 69.4 Å². The Morgan fingerprint density at radius 1 is 0.944 bits per heavy atom. The summed E-state index contributed by atoms with van der Waals surface area (Å²) in [6.07, 6.45) is 1.55. The SMILES string of the molecule is O=C(OCCCCSc1cc(-c2ccc(Br)cc2)nc2ccccc12)c1cc2ccccc2oc1=O. The van der Waals surface area contributed by atoms with Gasteiger partial charge in [-0.25, -0.2) is 14.6 Å². The van der Waals surface area contributed by atoms with Crippen LogP contribution in [0, 0.1) is 0 Å². The van der Waals surface area contributed by atoms with E-state index in [0.717, 1.165) is 38.8 Å². The fraction of sp³-hybridized carbons (Fsp3) is 0.138. The van der Waals surface area contributed by atoms with E-state index in [1.807, 2.05) is 36.4 Å². The number of ether oxygens (including phenoxy) is 1. The molecule has 7 heteroatoms. The van der Waals surface area contributed by atoms with Gasteiger partial charge in [-0.15, -0.1) is 11.8 Å². The molecule has 0 fully saturated rings. The van der Waals surface area contributed by atoms with E-state index >= 15 is 0 Å². The minimum Gasteiger partial charge on any atom is -0.462 e. The number of halogens is 1. The van der Waals surface area contributed by atoms with Crippen molar-refractivity contribution in [3.63, 3.8) is 0 Å². The minimum absolute atomic E-state index is 0.0770. The zero-order valence-corrected chi connectivity index (χ0v) is 21.7. The highest BCUT2D eigenvalue weighted by molar-refractivity contribution is 9.10. The molecule has 0 saturated heterocycles. The number of pyridine rings is 1. The fourth-order valence-corrected chi connectivity index (χ4v) is 5.22. The van der Waals surface area contributed by atoms with Gasteiger partial charge in [0, 0.05) is 25.7 Å². The Morgan fingerprint density at radius 3 is 2.58 bits per heavy atom. The Hall–Kier alpha value is -3.42. The van der Waals surface area contributed by atoms with Crippen LogP contribution >= 0.6 is 27.7 Å². The molecule has 0 atom stereocenters. The number of hydrogen-bond donors (Lipinski definition) is 0. The second kappa shape index (κ2) is 11.1. The van der Waals surface area contributed by atoms with Gasteiger partial charge in [0.15, 0.2) is 0 Å². The Bertz CT molecular complexity index is 1600. The molecule has 5 nitrogen and oxygen atoms in total. The first-order valence-electron chi connectivity index (χ1n) is 11.6. The summed E-state index contributed by atoms with van der Waals surface area (Å²) >= 11 is 5.25. The van der Waals surface area contributed by atoms with E-state index in [2.05, 4.69) is 40.2 Å². The highest BCUT2D eigenvalue weighted by Crippen LogP contribution is 2.32. The summed E-state index contributed by atoms with van der Waals surface area (Å²) in [6.45, 7) is 0.243. The summed E-state index contributed by atoms with van der Waals surface area (Å²) in [5.74, 6) is 0.213. The Labute approximate surface area is 220 Å². The van der Waals surface area contributed by atoms with Crippen LogP contribution in [0.15, 0.2) is 104 Å². The highest BCUT2D eigenvalue weighted by Gasteiger charge is 2.15. The van der Waals surface area contributed by atoms with E-state index in [-0.39, 0.29) is 12.2 Å². The molecule has 0 spiro atoms. The monoisotopic (exact) mass is 559 g/mol. The Kier molecular flexibility index (Phi) is 7.49. The molecule has 0 saturated carbocycles. The third-order valence-corrected chi connectivity index (χ3v) is 7.38. The normalized spacial score (nSPS) is 11.1. The molecule has 36 heavy (non-hydrogen) atoms. The van der Waals surface area contributed by atoms with Gasteiger partial charge in [0.05, 0.1) is 17.8 Å². The number of hydrogen-bond acceptors (Lipinski definition) is 6. The molecule has 0 bridgehead atoms. The van der Waals surface area contributed by atoms with E-state index in [1.54, 1.807) is 30.0 Å². The van der Waals surface area contributed by atoms with Gasteiger partial charge in [0.25, 0.3) is 0 Å². The maximum absolute atomic E-state index is 12.4. The molecule has 180 valence electrons. The van der Waals surface area contributed by atoms with Gasteiger partial charge in [0.2, 0.25) is 0 Å². The second-order valence-corrected chi connectivity index (χ2v) is 10.3. The number of aromatic nitrogens is 1. The molecule has 2 aromatic heterocycles. The molecule has 0 amide bonds. The summed E-state index contributed by atoms with van der Waals surface area (Å²) in [5, 5.41) is 1.81. The molecule has 0 unspecified atom stereocenters. The number of para-hydroxylation sites is 2. The van der Waals surface area contributed by atoms with Gasteiger partial charge >= 0.3 is 11.6 Å². The number of carbonyl (C=O) groups is 1. The van der Waals surface area contributed by atoms with Crippen molar-refractivity contribution in [1.82, 2.24) is 4.98 Å². The van der Waals surface area contributed by atoms with E-state index in [9.17, 15) is 9.59 Å². The van der Waals surface area contributed by atoms with Gasteiger partial charge in [-0.1, -0.05) is 64.5 Å². The third kappa shape index (κ3) is 5.53.